The lowest BCUT2D eigenvalue weighted by Gasteiger charge is -2.39. The standard InChI is InChI=1S/C27H29N3O2S/c1-29-25(23-12-6-17-33-23)24(21-10-4-5-11-22(21)27(29)32)26(31)28-14-7-15-30-16-13-19-8-2-3-9-20(19)18-30/h2-6,8-12,17,24-25H,7,13-16,18H2,1H3,(H,28,31). The predicted octanol–water partition coefficient (Wildman–Crippen LogP) is 4.22. The number of nitrogens with one attached hydrogen (secondary N) is 1. The SMILES string of the molecule is CN1C(=O)c2ccccc2C(C(=O)NCCCN2CCc3ccccc3C2)C1c1cccs1. The topological polar surface area (TPSA) is 52.7 Å². The number of carbonyl (C=O) groups is 2. The minimum absolute atomic E-state index is 0.0100. The Hall–Kier alpha value is -2.96. The number of amides is 2. The van der Waals surface area contributed by atoms with E-state index in [9.17, 15) is 9.59 Å². The van der Waals surface area contributed by atoms with Crippen LogP contribution in [0.1, 0.15) is 50.3 Å². The van der Waals surface area contributed by atoms with E-state index in [1.54, 1.807) is 23.3 Å². The van der Waals surface area contributed by atoms with E-state index in [0.29, 0.717) is 12.1 Å². The Morgan fingerprint density at radius 3 is 2.67 bits per heavy atom. The largest absolute Gasteiger partial charge is 0.355 e. The Kier molecular flexibility index (Phi) is 6.29. The summed E-state index contributed by atoms with van der Waals surface area (Å²) in [5.74, 6) is -0.452. The molecule has 5 nitrogen and oxygen atoms in total. The van der Waals surface area contributed by atoms with E-state index < -0.39 is 5.92 Å². The van der Waals surface area contributed by atoms with Crippen LogP contribution >= 0.6 is 11.3 Å². The summed E-state index contributed by atoms with van der Waals surface area (Å²) in [5.41, 5.74) is 4.32. The Balaban J connectivity index is 1.26. The van der Waals surface area contributed by atoms with E-state index in [1.165, 1.54) is 11.1 Å². The van der Waals surface area contributed by atoms with E-state index in [4.69, 9.17) is 0 Å². The van der Waals surface area contributed by atoms with Crippen LogP contribution in [-0.4, -0.2) is 48.3 Å². The van der Waals surface area contributed by atoms with Gasteiger partial charge in [0.05, 0.1) is 12.0 Å². The zero-order chi connectivity index (χ0) is 22.8. The summed E-state index contributed by atoms with van der Waals surface area (Å²) < 4.78 is 0. The third kappa shape index (κ3) is 4.33. The number of rotatable bonds is 6. The molecule has 1 aromatic heterocycles. The summed E-state index contributed by atoms with van der Waals surface area (Å²) in [5, 5.41) is 5.18. The highest BCUT2D eigenvalue weighted by Crippen LogP contribution is 2.43. The van der Waals surface area contributed by atoms with Gasteiger partial charge in [0.25, 0.3) is 5.91 Å². The van der Waals surface area contributed by atoms with Crippen molar-refractivity contribution in [2.24, 2.45) is 0 Å². The third-order valence-electron chi connectivity index (χ3n) is 6.86. The summed E-state index contributed by atoms with van der Waals surface area (Å²) in [6, 6.07) is 19.9. The lowest BCUT2D eigenvalue weighted by molar-refractivity contribution is -0.124. The lowest BCUT2D eigenvalue weighted by atomic mass is 9.81. The summed E-state index contributed by atoms with van der Waals surface area (Å²) in [4.78, 5) is 31.7. The molecule has 2 unspecified atom stereocenters. The second kappa shape index (κ2) is 9.49. The first-order valence-electron chi connectivity index (χ1n) is 11.6. The molecule has 0 aliphatic carbocycles. The maximum Gasteiger partial charge on any atom is 0.254 e. The molecule has 6 heteroatoms. The van der Waals surface area contributed by atoms with E-state index >= 15 is 0 Å². The zero-order valence-electron chi connectivity index (χ0n) is 18.9. The minimum Gasteiger partial charge on any atom is -0.355 e. The molecule has 0 radical (unpaired) electrons. The number of hydrogen-bond donors (Lipinski definition) is 1. The smallest absolute Gasteiger partial charge is 0.254 e. The van der Waals surface area contributed by atoms with Gasteiger partial charge in [0.15, 0.2) is 0 Å². The monoisotopic (exact) mass is 459 g/mol. The van der Waals surface area contributed by atoms with Gasteiger partial charge < -0.3 is 10.2 Å². The number of carbonyl (C=O) groups excluding carboxylic acids is 2. The number of hydrogen-bond acceptors (Lipinski definition) is 4. The van der Waals surface area contributed by atoms with Gasteiger partial charge in [0, 0.05) is 43.7 Å². The molecular weight excluding hydrogens is 430 g/mol. The highest BCUT2D eigenvalue weighted by molar-refractivity contribution is 7.10. The first kappa shape index (κ1) is 21.9. The molecule has 0 saturated carbocycles. The average molecular weight is 460 g/mol. The number of likely N-dealkylation sites (N-methyl/N-ethyl adjacent to an activating group) is 1. The number of thiophene rings is 1. The Morgan fingerprint density at radius 1 is 1.06 bits per heavy atom. The van der Waals surface area contributed by atoms with Gasteiger partial charge in [-0.05, 0) is 47.0 Å². The van der Waals surface area contributed by atoms with Crippen molar-refractivity contribution in [1.82, 2.24) is 15.1 Å². The molecule has 0 bridgehead atoms. The first-order chi connectivity index (χ1) is 16.1. The van der Waals surface area contributed by atoms with Crippen LogP contribution in [0.3, 0.4) is 0 Å². The van der Waals surface area contributed by atoms with Crippen LogP contribution in [0.25, 0.3) is 0 Å². The fraction of sp³-hybridized carbons (Fsp3) is 0.333. The van der Waals surface area contributed by atoms with Crippen molar-refractivity contribution in [2.75, 3.05) is 26.7 Å². The van der Waals surface area contributed by atoms with Crippen LogP contribution in [-0.2, 0) is 17.8 Å². The second-order valence-electron chi connectivity index (χ2n) is 8.88. The molecule has 33 heavy (non-hydrogen) atoms. The average Bonchev–Trinajstić information content (AvgIpc) is 3.38. The van der Waals surface area contributed by atoms with Gasteiger partial charge in [-0.15, -0.1) is 11.3 Å². The van der Waals surface area contributed by atoms with Gasteiger partial charge in [0.1, 0.15) is 0 Å². The van der Waals surface area contributed by atoms with Crippen LogP contribution in [0.2, 0.25) is 0 Å². The summed E-state index contributed by atoms with van der Waals surface area (Å²) in [7, 11) is 1.80. The molecule has 3 heterocycles. The summed E-state index contributed by atoms with van der Waals surface area (Å²) in [6.45, 7) is 3.63. The first-order valence-corrected chi connectivity index (χ1v) is 12.5. The summed E-state index contributed by atoms with van der Waals surface area (Å²) in [6.07, 6.45) is 1.99. The van der Waals surface area contributed by atoms with Crippen molar-refractivity contribution in [2.45, 2.75) is 31.3 Å². The zero-order valence-corrected chi connectivity index (χ0v) is 19.7. The van der Waals surface area contributed by atoms with E-state index in [0.717, 1.165) is 42.9 Å². The molecule has 2 atom stereocenters. The van der Waals surface area contributed by atoms with Crippen LogP contribution < -0.4 is 5.32 Å². The second-order valence-corrected chi connectivity index (χ2v) is 9.86. The molecule has 2 aromatic carbocycles. The van der Waals surface area contributed by atoms with E-state index in [-0.39, 0.29) is 17.9 Å². The molecule has 2 aliphatic heterocycles. The molecule has 3 aromatic rings. The Bertz CT molecular complexity index is 1140. The van der Waals surface area contributed by atoms with Crippen LogP contribution in [0, 0.1) is 0 Å². The van der Waals surface area contributed by atoms with Crippen molar-refractivity contribution in [3.8, 4) is 0 Å². The molecule has 2 aliphatic rings. The Morgan fingerprint density at radius 2 is 1.85 bits per heavy atom. The molecule has 5 rings (SSSR count). The molecule has 170 valence electrons. The minimum atomic E-state index is -0.413. The van der Waals surface area contributed by atoms with Gasteiger partial charge in [0.2, 0.25) is 5.91 Å². The van der Waals surface area contributed by atoms with Crippen molar-refractivity contribution < 1.29 is 9.59 Å². The van der Waals surface area contributed by atoms with Crippen LogP contribution in [0.15, 0.2) is 66.0 Å². The highest BCUT2D eigenvalue weighted by atomic mass is 32.1. The van der Waals surface area contributed by atoms with Crippen molar-refractivity contribution >= 4 is 23.2 Å². The van der Waals surface area contributed by atoms with Gasteiger partial charge in [-0.1, -0.05) is 48.5 Å². The van der Waals surface area contributed by atoms with E-state index in [1.807, 2.05) is 41.8 Å². The van der Waals surface area contributed by atoms with E-state index in [2.05, 4.69) is 34.5 Å². The third-order valence-corrected chi connectivity index (χ3v) is 7.80. The normalized spacial score (nSPS) is 20.3. The highest BCUT2D eigenvalue weighted by Gasteiger charge is 2.42. The lowest BCUT2D eigenvalue weighted by Crippen LogP contribution is -2.45. The molecule has 0 spiro atoms. The maximum absolute atomic E-state index is 13.5. The molecule has 0 fully saturated rings. The van der Waals surface area contributed by atoms with Crippen molar-refractivity contribution in [1.29, 1.82) is 0 Å². The summed E-state index contributed by atoms with van der Waals surface area (Å²) >= 11 is 1.59. The number of benzene rings is 2. The quantitative estimate of drug-likeness (QED) is 0.562. The fourth-order valence-electron chi connectivity index (χ4n) is 5.14. The Labute approximate surface area is 199 Å². The fourth-order valence-corrected chi connectivity index (χ4v) is 6.05. The van der Waals surface area contributed by atoms with Gasteiger partial charge in [-0.2, -0.15) is 0 Å². The predicted molar refractivity (Wildman–Crippen MR) is 131 cm³/mol. The maximum atomic E-state index is 13.5. The van der Waals surface area contributed by atoms with Gasteiger partial charge >= 0.3 is 0 Å². The number of fused-ring (bicyclic) bond motifs is 2. The molecular formula is C27H29N3O2S. The molecule has 1 N–H and O–H groups in total. The van der Waals surface area contributed by atoms with Crippen LogP contribution in [0.4, 0.5) is 0 Å². The van der Waals surface area contributed by atoms with Gasteiger partial charge in [-0.25, -0.2) is 0 Å². The van der Waals surface area contributed by atoms with Crippen molar-refractivity contribution in [3.05, 3.63) is 93.2 Å². The molecule has 0 saturated heterocycles. The molecule has 2 amide bonds. The van der Waals surface area contributed by atoms with Crippen LogP contribution in [0.5, 0.6) is 0 Å². The van der Waals surface area contributed by atoms with Crippen molar-refractivity contribution in [3.63, 3.8) is 0 Å². The number of nitrogens with zero attached hydrogens (tertiary/aromatic N) is 2. The van der Waals surface area contributed by atoms with Gasteiger partial charge in [-0.3, -0.25) is 14.5 Å².